The molecule has 3 aliphatic rings. The Labute approximate surface area is 186 Å². The number of ether oxygens (including phenoxy) is 1. The number of aromatic nitrogens is 2. The van der Waals surface area contributed by atoms with Crippen LogP contribution in [0.1, 0.15) is 32.6 Å². The summed E-state index contributed by atoms with van der Waals surface area (Å²) < 4.78 is 46.5. The van der Waals surface area contributed by atoms with E-state index < -0.39 is 17.5 Å². The van der Waals surface area contributed by atoms with Gasteiger partial charge in [-0.15, -0.1) is 10.2 Å². The van der Waals surface area contributed by atoms with Gasteiger partial charge in [0.15, 0.2) is 11.6 Å². The first-order valence-corrected chi connectivity index (χ1v) is 11.5. The zero-order valence-corrected chi connectivity index (χ0v) is 18.2. The first-order valence-electron chi connectivity index (χ1n) is 11.5. The molecule has 4 atom stereocenters. The minimum Gasteiger partial charge on any atom is -0.381 e. The number of likely N-dealkylation sites (tertiary alicyclic amines) is 1. The number of halogens is 3. The summed E-state index contributed by atoms with van der Waals surface area (Å²) in [7, 11) is 0. The number of hydrogen-bond acceptors (Lipinski definition) is 5. The first kappa shape index (κ1) is 21.6. The van der Waals surface area contributed by atoms with Gasteiger partial charge in [0.2, 0.25) is 0 Å². The van der Waals surface area contributed by atoms with E-state index in [1.807, 2.05) is 0 Å². The lowest BCUT2D eigenvalue weighted by Crippen LogP contribution is -2.40. The van der Waals surface area contributed by atoms with Gasteiger partial charge >= 0.3 is 0 Å². The lowest BCUT2D eigenvalue weighted by Gasteiger charge is -2.35. The van der Waals surface area contributed by atoms with Gasteiger partial charge in [0.25, 0.3) is 0 Å². The molecule has 1 N–H and O–H groups in total. The molecule has 1 aromatic heterocycles. The van der Waals surface area contributed by atoms with E-state index in [0.717, 1.165) is 64.0 Å². The molecule has 0 amide bonds. The minimum absolute atomic E-state index is 0.104. The third-order valence-corrected chi connectivity index (χ3v) is 7.59. The van der Waals surface area contributed by atoms with Gasteiger partial charge in [0.1, 0.15) is 11.6 Å². The van der Waals surface area contributed by atoms with Crippen LogP contribution >= 0.6 is 0 Å². The van der Waals surface area contributed by atoms with Crippen LogP contribution in [-0.2, 0) is 4.74 Å². The van der Waals surface area contributed by atoms with Gasteiger partial charge in [-0.05, 0) is 68.6 Å². The average Bonchev–Trinajstić information content (AvgIpc) is 3.36. The second-order valence-electron chi connectivity index (χ2n) is 9.53. The third kappa shape index (κ3) is 4.35. The normalized spacial score (nSPS) is 27.4. The van der Waals surface area contributed by atoms with Crippen molar-refractivity contribution >= 4 is 5.82 Å². The van der Waals surface area contributed by atoms with Gasteiger partial charge in [-0.25, -0.2) is 13.2 Å². The van der Waals surface area contributed by atoms with E-state index in [0.29, 0.717) is 35.8 Å². The molecule has 0 radical (unpaired) electrons. The number of hydrogen-bond donors (Lipinski definition) is 1. The van der Waals surface area contributed by atoms with E-state index in [9.17, 15) is 13.2 Å². The van der Waals surface area contributed by atoms with Crippen LogP contribution in [0.4, 0.5) is 19.0 Å². The third-order valence-electron chi connectivity index (χ3n) is 7.59. The molecule has 3 heterocycles. The minimum atomic E-state index is -1.23. The van der Waals surface area contributed by atoms with Crippen LogP contribution in [0.5, 0.6) is 0 Å². The molecular weight excluding hydrogens is 417 g/mol. The molecular formula is C24H29F3N4O. The van der Waals surface area contributed by atoms with Gasteiger partial charge in [0, 0.05) is 50.0 Å². The second kappa shape index (κ2) is 8.98. The highest BCUT2D eigenvalue weighted by molar-refractivity contribution is 5.60. The van der Waals surface area contributed by atoms with Crippen LogP contribution in [0.15, 0.2) is 24.3 Å². The zero-order chi connectivity index (χ0) is 22.2. The molecule has 8 heteroatoms. The molecule has 32 heavy (non-hydrogen) atoms. The molecule has 0 spiro atoms. The van der Waals surface area contributed by atoms with Gasteiger partial charge in [0.05, 0.1) is 5.69 Å². The molecule has 0 bridgehead atoms. The van der Waals surface area contributed by atoms with Crippen LogP contribution < -0.4 is 5.32 Å². The largest absolute Gasteiger partial charge is 0.381 e. The molecule has 1 aliphatic carbocycles. The summed E-state index contributed by atoms with van der Waals surface area (Å²) in [6.45, 7) is 6.45. The Morgan fingerprint density at radius 3 is 2.41 bits per heavy atom. The Balaban J connectivity index is 1.17. The van der Waals surface area contributed by atoms with Crippen molar-refractivity contribution in [3.8, 4) is 11.3 Å². The SMILES string of the molecule is CC(C1CCOCC1)N1CC2C[C@@H](Nc3ccc(-c4cc(F)cc(F)c4F)nn3)C[C@@H]2C1. The van der Waals surface area contributed by atoms with Crippen molar-refractivity contribution in [3.63, 3.8) is 0 Å². The van der Waals surface area contributed by atoms with Gasteiger partial charge in [-0.1, -0.05) is 0 Å². The molecule has 5 nitrogen and oxygen atoms in total. The Morgan fingerprint density at radius 1 is 1.03 bits per heavy atom. The van der Waals surface area contributed by atoms with E-state index >= 15 is 0 Å². The quantitative estimate of drug-likeness (QED) is 0.686. The van der Waals surface area contributed by atoms with E-state index in [4.69, 9.17) is 4.74 Å². The molecule has 172 valence electrons. The van der Waals surface area contributed by atoms with E-state index in [2.05, 4.69) is 27.3 Å². The highest BCUT2D eigenvalue weighted by Gasteiger charge is 2.43. The number of rotatable bonds is 5. The summed E-state index contributed by atoms with van der Waals surface area (Å²) in [6, 6.07) is 5.62. The van der Waals surface area contributed by atoms with Crippen molar-refractivity contribution in [2.24, 2.45) is 17.8 Å². The maximum Gasteiger partial charge on any atom is 0.168 e. The van der Waals surface area contributed by atoms with Crippen molar-refractivity contribution in [2.45, 2.75) is 44.7 Å². The lowest BCUT2D eigenvalue weighted by atomic mass is 9.92. The summed E-state index contributed by atoms with van der Waals surface area (Å²) in [5, 5.41) is 11.6. The molecule has 3 fully saturated rings. The van der Waals surface area contributed by atoms with E-state index in [1.54, 1.807) is 12.1 Å². The fourth-order valence-electron chi connectivity index (χ4n) is 5.79. The Kier molecular flexibility index (Phi) is 6.07. The summed E-state index contributed by atoms with van der Waals surface area (Å²) in [6.07, 6.45) is 4.51. The van der Waals surface area contributed by atoms with Crippen molar-refractivity contribution in [1.29, 1.82) is 0 Å². The summed E-state index contributed by atoms with van der Waals surface area (Å²) in [5.41, 5.74) is -0.122. The average molecular weight is 447 g/mol. The fraction of sp³-hybridized carbons (Fsp3) is 0.583. The second-order valence-corrected chi connectivity index (χ2v) is 9.53. The Morgan fingerprint density at radius 2 is 1.75 bits per heavy atom. The van der Waals surface area contributed by atoms with Crippen molar-refractivity contribution < 1.29 is 17.9 Å². The van der Waals surface area contributed by atoms with Crippen LogP contribution in [0, 0.1) is 35.2 Å². The van der Waals surface area contributed by atoms with Crippen molar-refractivity contribution in [1.82, 2.24) is 15.1 Å². The highest BCUT2D eigenvalue weighted by Crippen LogP contribution is 2.41. The van der Waals surface area contributed by atoms with Crippen LogP contribution in [-0.4, -0.2) is 53.5 Å². The number of benzene rings is 1. The molecule has 2 aliphatic heterocycles. The number of anilines is 1. The fourth-order valence-corrected chi connectivity index (χ4v) is 5.79. The van der Waals surface area contributed by atoms with Gasteiger partial charge in [-0.3, -0.25) is 4.90 Å². The van der Waals surface area contributed by atoms with E-state index in [-0.39, 0.29) is 11.3 Å². The lowest BCUT2D eigenvalue weighted by molar-refractivity contribution is 0.0338. The van der Waals surface area contributed by atoms with E-state index in [1.165, 1.54) is 0 Å². The number of nitrogens with one attached hydrogen (secondary N) is 1. The van der Waals surface area contributed by atoms with Crippen molar-refractivity contribution in [3.05, 3.63) is 41.7 Å². The molecule has 1 aromatic carbocycles. The smallest absolute Gasteiger partial charge is 0.168 e. The molecule has 5 rings (SSSR count). The summed E-state index contributed by atoms with van der Waals surface area (Å²) >= 11 is 0. The summed E-state index contributed by atoms with van der Waals surface area (Å²) in [4.78, 5) is 2.67. The topological polar surface area (TPSA) is 50.3 Å². The molecule has 2 unspecified atom stereocenters. The van der Waals surface area contributed by atoms with Crippen LogP contribution in [0.25, 0.3) is 11.3 Å². The highest BCUT2D eigenvalue weighted by atomic mass is 19.2. The van der Waals surface area contributed by atoms with Crippen LogP contribution in [0.2, 0.25) is 0 Å². The first-order chi connectivity index (χ1) is 15.5. The monoisotopic (exact) mass is 446 g/mol. The van der Waals surface area contributed by atoms with Gasteiger partial charge < -0.3 is 10.1 Å². The zero-order valence-electron chi connectivity index (χ0n) is 18.2. The number of nitrogens with zero attached hydrogens (tertiary/aromatic N) is 3. The maximum atomic E-state index is 14.0. The Bertz CT molecular complexity index is 937. The van der Waals surface area contributed by atoms with Crippen molar-refractivity contribution in [2.75, 3.05) is 31.6 Å². The standard InChI is InChI=1S/C24H29F3N4O/c1-14(15-4-6-32-7-5-15)31-12-16-8-19(9-17(16)13-31)28-23-3-2-22(29-30-23)20-10-18(25)11-21(26)24(20)27/h2-3,10-11,14-17,19H,4-9,12-13H2,1H3,(H,28,30)/t14?,16-,17?,19+/m1/s1. The molecule has 2 aromatic rings. The molecule has 2 saturated heterocycles. The Hall–Kier alpha value is -2.19. The molecule has 1 saturated carbocycles. The number of fused-ring (bicyclic) bond motifs is 1. The van der Waals surface area contributed by atoms with Crippen LogP contribution in [0.3, 0.4) is 0 Å². The predicted octanol–water partition coefficient (Wildman–Crippen LogP) is 4.50. The summed E-state index contributed by atoms with van der Waals surface area (Å²) in [5.74, 6) is -0.491. The maximum absolute atomic E-state index is 14.0. The predicted molar refractivity (Wildman–Crippen MR) is 116 cm³/mol. The van der Waals surface area contributed by atoms with Gasteiger partial charge in [-0.2, -0.15) is 0 Å².